The molecule has 7 nitrogen and oxygen atoms in total. The van der Waals surface area contributed by atoms with Crippen molar-refractivity contribution in [2.45, 2.75) is 32.3 Å². The molecule has 3 aromatic rings. The van der Waals surface area contributed by atoms with Crippen LogP contribution in [-0.2, 0) is 20.7 Å². The predicted molar refractivity (Wildman–Crippen MR) is 113 cm³/mol. The number of para-hydroxylation sites is 1. The molecular formula is C23H24N2O5. The third-order valence-electron chi connectivity index (χ3n) is 4.99. The van der Waals surface area contributed by atoms with Crippen LogP contribution < -0.4 is 14.8 Å². The molecule has 30 heavy (non-hydrogen) atoms. The van der Waals surface area contributed by atoms with Crippen molar-refractivity contribution in [3.05, 3.63) is 54.2 Å². The number of anilines is 1. The monoisotopic (exact) mass is 408 g/mol. The van der Waals surface area contributed by atoms with E-state index in [2.05, 4.69) is 16.4 Å². The van der Waals surface area contributed by atoms with Gasteiger partial charge in [-0.2, -0.15) is 0 Å². The van der Waals surface area contributed by atoms with Crippen LogP contribution in [0.15, 0.2) is 48.7 Å². The van der Waals surface area contributed by atoms with Crippen LogP contribution in [0.5, 0.6) is 11.5 Å². The lowest BCUT2D eigenvalue weighted by Gasteiger charge is -2.19. The van der Waals surface area contributed by atoms with E-state index < -0.39 is 12.0 Å². The van der Waals surface area contributed by atoms with Crippen molar-refractivity contribution in [1.29, 1.82) is 0 Å². The van der Waals surface area contributed by atoms with Crippen molar-refractivity contribution in [3.8, 4) is 11.5 Å². The van der Waals surface area contributed by atoms with E-state index in [9.17, 15) is 9.59 Å². The Morgan fingerprint density at radius 2 is 1.93 bits per heavy atom. The van der Waals surface area contributed by atoms with Gasteiger partial charge in [0, 0.05) is 35.3 Å². The number of fused-ring (bicyclic) bond motifs is 2. The normalized spacial score (nSPS) is 13.6. The van der Waals surface area contributed by atoms with Gasteiger partial charge in [0.1, 0.15) is 13.2 Å². The Hall–Kier alpha value is -3.48. The highest BCUT2D eigenvalue weighted by molar-refractivity contribution is 5.95. The van der Waals surface area contributed by atoms with Gasteiger partial charge in [-0.05, 0) is 43.5 Å². The lowest BCUT2D eigenvalue weighted by atomic mass is 10.1. The van der Waals surface area contributed by atoms with Gasteiger partial charge in [-0.3, -0.25) is 9.59 Å². The quantitative estimate of drug-likeness (QED) is 0.580. The first-order chi connectivity index (χ1) is 14.6. The Bertz CT molecular complexity index is 1060. The summed E-state index contributed by atoms with van der Waals surface area (Å²) in [6.07, 6.45) is 2.74. The smallest absolute Gasteiger partial charge is 0.306 e. The molecular weight excluding hydrogens is 384 g/mol. The molecule has 0 saturated heterocycles. The Morgan fingerprint density at radius 3 is 2.80 bits per heavy atom. The van der Waals surface area contributed by atoms with E-state index in [1.807, 2.05) is 24.4 Å². The van der Waals surface area contributed by atoms with Crippen LogP contribution >= 0.6 is 0 Å². The molecule has 1 aliphatic rings. The molecule has 156 valence electrons. The first-order valence-corrected chi connectivity index (χ1v) is 10.0. The average molecular weight is 408 g/mol. The number of aromatic amines is 1. The van der Waals surface area contributed by atoms with E-state index >= 15 is 0 Å². The second kappa shape index (κ2) is 8.90. The maximum absolute atomic E-state index is 12.4. The summed E-state index contributed by atoms with van der Waals surface area (Å²) in [6.45, 7) is 2.54. The van der Waals surface area contributed by atoms with Gasteiger partial charge in [0.05, 0.1) is 0 Å². The van der Waals surface area contributed by atoms with Gasteiger partial charge in [0.15, 0.2) is 17.6 Å². The third-order valence-corrected chi connectivity index (χ3v) is 4.99. The highest BCUT2D eigenvalue weighted by atomic mass is 16.6. The molecule has 1 atom stereocenters. The topological polar surface area (TPSA) is 89.7 Å². The summed E-state index contributed by atoms with van der Waals surface area (Å²) in [7, 11) is 0. The van der Waals surface area contributed by atoms with Crippen LogP contribution in [-0.4, -0.2) is 36.2 Å². The molecule has 0 spiro atoms. The molecule has 0 radical (unpaired) electrons. The van der Waals surface area contributed by atoms with Gasteiger partial charge in [0.25, 0.3) is 5.91 Å². The molecule has 1 amide bonds. The summed E-state index contributed by atoms with van der Waals surface area (Å²) >= 11 is 0. The molecule has 0 aliphatic carbocycles. The van der Waals surface area contributed by atoms with Crippen molar-refractivity contribution < 1.29 is 23.8 Å². The van der Waals surface area contributed by atoms with E-state index in [1.54, 1.807) is 25.1 Å². The number of esters is 1. The Balaban J connectivity index is 1.24. The maximum Gasteiger partial charge on any atom is 0.306 e. The molecule has 0 saturated carbocycles. The second-order valence-corrected chi connectivity index (χ2v) is 7.19. The number of hydrogen-bond acceptors (Lipinski definition) is 5. The minimum Gasteiger partial charge on any atom is -0.486 e. The van der Waals surface area contributed by atoms with Gasteiger partial charge in [-0.1, -0.05) is 18.2 Å². The predicted octanol–water partition coefficient (Wildman–Crippen LogP) is 3.83. The number of carbonyl (C=O) groups excluding carboxylic acids is 2. The molecule has 2 aromatic carbocycles. The summed E-state index contributed by atoms with van der Waals surface area (Å²) in [5, 5.41) is 3.90. The zero-order valence-corrected chi connectivity index (χ0v) is 16.8. The van der Waals surface area contributed by atoms with Gasteiger partial charge >= 0.3 is 5.97 Å². The van der Waals surface area contributed by atoms with Crippen molar-refractivity contribution in [2.24, 2.45) is 0 Å². The van der Waals surface area contributed by atoms with Crippen molar-refractivity contribution in [2.75, 3.05) is 18.5 Å². The second-order valence-electron chi connectivity index (χ2n) is 7.19. The SMILES string of the molecule is C[C@@H](OC(=O)CCCc1c[nH]c2ccccc12)C(=O)Nc1ccc2c(c1)OCCO2. The summed E-state index contributed by atoms with van der Waals surface area (Å²) in [6, 6.07) is 13.2. The summed E-state index contributed by atoms with van der Waals surface area (Å²) < 4.78 is 16.3. The first-order valence-electron chi connectivity index (χ1n) is 10.0. The first kappa shape index (κ1) is 19.8. The fourth-order valence-corrected chi connectivity index (χ4v) is 3.44. The molecule has 4 rings (SSSR count). The molecule has 0 bridgehead atoms. The minimum atomic E-state index is -0.890. The fourth-order valence-electron chi connectivity index (χ4n) is 3.44. The number of ether oxygens (including phenoxy) is 3. The van der Waals surface area contributed by atoms with Crippen molar-refractivity contribution >= 4 is 28.5 Å². The Labute approximate surface area is 174 Å². The summed E-state index contributed by atoms with van der Waals surface area (Å²) in [5.41, 5.74) is 2.81. The zero-order chi connectivity index (χ0) is 20.9. The maximum atomic E-state index is 12.4. The molecule has 0 fully saturated rings. The number of aromatic nitrogens is 1. The Morgan fingerprint density at radius 1 is 1.13 bits per heavy atom. The van der Waals surface area contributed by atoms with E-state index in [1.165, 1.54) is 5.56 Å². The van der Waals surface area contributed by atoms with Gasteiger partial charge in [0.2, 0.25) is 0 Å². The lowest BCUT2D eigenvalue weighted by molar-refractivity contribution is -0.153. The fraction of sp³-hybridized carbons (Fsp3) is 0.304. The lowest BCUT2D eigenvalue weighted by Crippen LogP contribution is -2.30. The van der Waals surface area contributed by atoms with Gasteiger partial charge in [-0.15, -0.1) is 0 Å². The van der Waals surface area contributed by atoms with E-state index in [0.717, 1.165) is 17.3 Å². The molecule has 0 unspecified atom stereocenters. The highest BCUT2D eigenvalue weighted by Gasteiger charge is 2.19. The average Bonchev–Trinajstić information content (AvgIpc) is 3.17. The van der Waals surface area contributed by atoms with E-state index in [-0.39, 0.29) is 12.4 Å². The summed E-state index contributed by atoms with van der Waals surface area (Å²) in [5.74, 6) is 0.450. The van der Waals surface area contributed by atoms with Crippen LogP contribution in [0.25, 0.3) is 10.9 Å². The number of rotatable bonds is 7. The number of amides is 1. The van der Waals surface area contributed by atoms with Crippen molar-refractivity contribution in [3.63, 3.8) is 0 Å². The standard InChI is InChI=1S/C23H24N2O5/c1-15(23(27)25-17-9-10-20-21(13-17)29-12-11-28-20)30-22(26)8-4-5-16-14-24-19-7-3-2-6-18(16)19/h2-3,6-7,9-10,13-15,24H,4-5,8,11-12H2,1H3,(H,25,27)/t15-/m1/s1. The molecule has 1 aliphatic heterocycles. The zero-order valence-electron chi connectivity index (χ0n) is 16.8. The van der Waals surface area contributed by atoms with Crippen LogP contribution in [0.3, 0.4) is 0 Å². The number of carbonyl (C=O) groups is 2. The van der Waals surface area contributed by atoms with E-state index in [0.29, 0.717) is 36.8 Å². The number of nitrogens with one attached hydrogen (secondary N) is 2. The largest absolute Gasteiger partial charge is 0.486 e. The molecule has 2 N–H and O–H groups in total. The third kappa shape index (κ3) is 4.56. The minimum absolute atomic E-state index is 0.251. The number of aryl methyl sites for hydroxylation is 1. The molecule has 2 heterocycles. The highest BCUT2D eigenvalue weighted by Crippen LogP contribution is 2.32. The van der Waals surface area contributed by atoms with Gasteiger partial charge in [-0.25, -0.2) is 0 Å². The molecule has 7 heteroatoms. The number of H-pyrrole nitrogens is 1. The van der Waals surface area contributed by atoms with Crippen LogP contribution in [0.1, 0.15) is 25.3 Å². The van der Waals surface area contributed by atoms with Crippen LogP contribution in [0, 0.1) is 0 Å². The molecule has 1 aromatic heterocycles. The number of benzene rings is 2. The summed E-state index contributed by atoms with van der Waals surface area (Å²) in [4.78, 5) is 27.7. The number of hydrogen-bond donors (Lipinski definition) is 2. The van der Waals surface area contributed by atoms with E-state index in [4.69, 9.17) is 14.2 Å². The van der Waals surface area contributed by atoms with Gasteiger partial charge < -0.3 is 24.5 Å². The van der Waals surface area contributed by atoms with Crippen LogP contribution in [0.2, 0.25) is 0 Å². The van der Waals surface area contributed by atoms with Crippen molar-refractivity contribution in [1.82, 2.24) is 4.98 Å². The van der Waals surface area contributed by atoms with Crippen LogP contribution in [0.4, 0.5) is 5.69 Å². The Kier molecular flexibility index (Phi) is 5.88.